The minimum Gasteiger partial charge on any atom is -0.480 e. The molecule has 3 aromatic rings. The van der Waals surface area contributed by atoms with Crippen molar-refractivity contribution in [3.63, 3.8) is 0 Å². The Morgan fingerprint density at radius 2 is 2.10 bits per heavy atom. The molecule has 3 rings (SSSR count). The van der Waals surface area contributed by atoms with E-state index in [-0.39, 0.29) is 23.0 Å². The van der Waals surface area contributed by atoms with E-state index in [1.54, 1.807) is 18.2 Å². The highest BCUT2D eigenvalue weighted by molar-refractivity contribution is 14.1. The van der Waals surface area contributed by atoms with E-state index in [4.69, 9.17) is 22.1 Å². The molecule has 0 fully saturated rings. The smallest absolute Gasteiger partial charge is 0.274 e. The van der Waals surface area contributed by atoms with Crippen LogP contribution in [0.25, 0.3) is 5.82 Å². The zero-order valence-electron chi connectivity index (χ0n) is 15.6. The van der Waals surface area contributed by atoms with Crippen LogP contribution in [0.2, 0.25) is 5.02 Å². The molecule has 0 saturated heterocycles. The van der Waals surface area contributed by atoms with Crippen LogP contribution in [0.3, 0.4) is 0 Å². The number of carbonyl (C=O) groups excluding carboxylic acids is 2. The van der Waals surface area contributed by atoms with Crippen LogP contribution in [0.5, 0.6) is 5.88 Å². The minimum atomic E-state index is -0.632. The lowest BCUT2D eigenvalue weighted by Gasteiger charge is -2.15. The second-order valence-corrected chi connectivity index (χ2v) is 7.60. The number of methoxy groups -OCH3 is 1. The molecular weight excluding hydrogens is 509 g/mol. The first-order valence-electron chi connectivity index (χ1n) is 8.54. The first-order chi connectivity index (χ1) is 13.8. The number of pyridine rings is 1. The van der Waals surface area contributed by atoms with Gasteiger partial charge in [0.1, 0.15) is 5.69 Å². The Kier molecular flexibility index (Phi) is 6.38. The van der Waals surface area contributed by atoms with Gasteiger partial charge < -0.3 is 15.8 Å². The highest BCUT2D eigenvalue weighted by atomic mass is 127. The van der Waals surface area contributed by atoms with Crippen LogP contribution in [0.15, 0.2) is 36.5 Å². The molecule has 0 aliphatic heterocycles. The van der Waals surface area contributed by atoms with Crippen molar-refractivity contribution in [3.05, 3.63) is 61.9 Å². The summed E-state index contributed by atoms with van der Waals surface area (Å²) >= 11 is 8.32. The van der Waals surface area contributed by atoms with Gasteiger partial charge >= 0.3 is 0 Å². The fourth-order valence-electron chi connectivity index (χ4n) is 2.78. The molecule has 0 aliphatic carbocycles. The molecule has 0 atom stereocenters. The van der Waals surface area contributed by atoms with Gasteiger partial charge in [-0.3, -0.25) is 9.59 Å². The van der Waals surface area contributed by atoms with E-state index in [2.05, 4.69) is 38.0 Å². The van der Waals surface area contributed by atoms with Gasteiger partial charge in [-0.25, -0.2) is 9.67 Å². The number of aromatic nitrogens is 3. The van der Waals surface area contributed by atoms with Gasteiger partial charge in [0.15, 0.2) is 5.82 Å². The number of aryl methyl sites for hydroxylation is 1. The second-order valence-electron chi connectivity index (χ2n) is 5.95. The standard InChI is InChI=1S/C19H17ClIN5O3/c1-3-10-7-11(21)8-12(17(22)27)16(10)24-19(28)14-9-15(29-2)25-26(14)18-13(20)5-4-6-23-18/h4-9H,3H2,1-2H3,(H2,22,27)(H,24,28). The fourth-order valence-corrected chi connectivity index (χ4v) is 3.67. The molecule has 0 radical (unpaired) electrons. The number of ether oxygens (including phenoxy) is 1. The van der Waals surface area contributed by atoms with Crippen LogP contribution in [0.1, 0.15) is 33.3 Å². The van der Waals surface area contributed by atoms with Gasteiger partial charge in [0.05, 0.1) is 23.4 Å². The molecular formula is C19H17ClIN5O3. The van der Waals surface area contributed by atoms with E-state index >= 15 is 0 Å². The van der Waals surface area contributed by atoms with Gasteiger partial charge in [-0.1, -0.05) is 18.5 Å². The summed E-state index contributed by atoms with van der Waals surface area (Å²) in [5, 5.41) is 7.34. The van der Waals surface area contributed by atoms with Crippen LogP contribution >= 0.6 is 34.2 Å². The monoisotopic (exact) mass is 525 g/mol. The topological polar surface area (TPSA) is 112 Å². The molecule has 8 nitrogen and oxygen atoms in total. The maximum Gasteiger partial charge on any atom is 0.274 e. The lowest BCUT2D eigenvalue weighted by molar-refractivity contribution is 0.100. The zero-order chi connectivity index (χ0) is 21.1. The number of hydrogen-bond acceptors (Lipinski definition) is 5. The quantitative estimate of drug-likeness (QED) is 0.479. The summed E-state index contributed by atoms with van der Waals surface area (Å²) in [7, 11) is 1.44. The minimum absolute atomic E-state index is 0.137. The molecule has 2 heterocycles. The van der Waals surface area contributed by atoms with Crippen molar-refractivity contribution in [1.29, 1.82) is 0 Å². The number of carbonyl (C=O) groups is 2. The average Bonchev–Trinajstić information content (AvgIpc) is 3.13. The largest absolute Gasteiger partial charge is 0.480 e. The third kappa shape index (κ3) is 4.35. The van der Waals surface area contributed by atoms with E-state index in [1.165, 1.54) is 24.1 Å². The van der Waals surface area contributed by atoms with Crippen molar-refractivity contribution in [2.75, 3.05) is 12.4 Å². The summed E-state index contributed by atoms with van der Waals surface area (Å²) < 4.78 is 7.30. The fraction of sp³-hybridized carbons (Fsp3) is 0.158. The van der Waals surface area contributed by atoms with Gasteiger partial charge in [-0.05, 0) is 58.8 Å². The predicted molar refractivity (Wildman–Crippen MR) is 118 cm³/mol. The van der Waals surface area contributed by atoms with Crippen LogP contribution in [0, 0.1) is 3.57 Å². The number of nitrogens with one attached hydrogen (secondary N) is 1. The van der Waals surface area contributed by atoms with E-state index in [0.29, 0.717) is 17.1 Å². The van der Waals surface area contributed by atoms with Gasteiger partial charge in [0, 0.05) is 15.8 Å². The Hall–Kier alpha value is -2.66. The molecule has 150 valence electrons. The van der Waals surface area contributed by atoms with Crippen molar-refractivity contribution in [2.45, 2.75) is 13.3 Å². The van der Waals surface area contributed by atoms with Gasteiger partial charge in [-0.15, -0.1) is 5.10 Å². The second kappa shape index (κ2) is 8.78. The van der Waals surface area contributed by atoms with Crippen LogP contribution < -0.4 is 15.8 Å². The summed E-state index contributed by atoms with van der Waals surface area (Å²) in [5.74, 6) is -0.658. The first-order valence-corrected chi connectivity index (χ1v) is 9.99. The number of primary amides is 1. The lowest BCUT2D eigenvalue weighted by Crippen LogP contribution is -2.22. The van der Waals surface area contributed by atoms with Crippen molar-refractivity contribution in [3.8, 4) is 11.7 Å². The lowest BCUT2D eigenvalue weighted by atomic mass is 10.0. The predicted octanol–water partition coefficient (Wildman–Crippen LogP) is 3.45. The SMILES string of the molecule is CCc1cc(I)cc(C(N)=O)c1NC(=O)c1cc(OC)nn1-c1ncccc1Cl. The number of hydrogen-bond donors (Lipinski definition) is 2. The summed E-state index contributed by atoms with van der Waals surface area (Å²) in [6, 6.07) is 8.29. The summed E-state index contributed by atoms with van der Waals surface area (Å²) in [6.07, 6.45) is 2.14. The van der Waals surface area contributed by atoms with E-state index < -0.39 is 11.8 Å². The highest BCUT2D eigenvalue weighted by Gasteiger charge is 2.22. The number of rotatable bonds is 6. The molecule has 2 amide bonds. The molecule has 0 unspecified atom stereocenters. The van der Waals surface area contributed by atoms with Crippen LogP contribution in [0.4, 0.5) is 5.69 Å². The van der Waals surface area contributed by atoms with Crippen molar-refractivity contribution >= 4 is 51.7 Å². The van der Waals surface area contributed by atoms with E-state index in [9.17, 15) is 9.59 Å². The molecule has 1 aromatic carbocycles. The maximum absolute atomic E-state index is 13.1. The number of halogens is 2. The molecule has 0 bridgehead atoms. The zero-order valence-corrected chi connectivity index (χ0v) is 18.5. The Balaban J connectivity index is 2.09. The number of nitrogens with two attached hydrogens (primary N) is 1. The van der Waals surface area contributed by atoms with Gasteiger partial charge in [0.25, 0.3) is 11.8 Å². The average molecular weight is 526 g/mol. The number of amides is 2. The molecule has 2 aromatic heterocycles. The third-order valence-electron chi connectivity index (χ3n) is 4.14. The number of anilines is 1. The Labute approximate surface area is 185 Å². The molecule has 3 N–H and O–H groups in total. The summed E-state index contributed by atoms with van der Waals surface area (Å²) in [6.45, 7) is 1.92. The van der Waals surface area contributed by atoms with Crippen molar-refractivity contribution < 1.29 is 14.3 Å². The molecule has 29 heavy (non-hydrogen) atoms. The van der Waals surface area contributed by atoms with Crippen LogP contribution in [-0.4, -0.2) is 33.7 Å². The van der Waals surface area contributed by atoms with E-state index in [1.807, 2.05) is 13.0 Å². The van der Waals surface area contributed by atoms with Crippen molar-refractivity contribution in [2.24, 2.45) is 5.73 Å². The molecule has 0 saturated carbocycles. The van der Waals surface area contributed by atoms with Crippen molar-refractivity contribution in [1.82, 2.24) is 14.8 Å². The summed E-state index contributed by atoms with van der Waals surface area (Å²) in [5.41, 5.74) is 7.05. The number of nitrogens with zero attached hydrogens (tertiary/aromatic N) is 3. The maximum atomic E-state index is 13.1. The van der Waals surface area contributed by atoms with Gasteiger partial charge in [-0.2, -0.15) is 0 Å². The number of benzene rings is 1. The van der Waals surface area contributed by atoms with Gasteiger partial charge in [0.2, 0.25) is 5.88 Å². The third-order valence-corrected chi connectivity index (χ3v) is 5.06. The highest BCUT2D eigenvalue weighted by Crippen LogP contribution is 2.27. The Morgan fingerprint density at radius 1 is 1.34 bits per heavy atom. The molecule has 10 heteroatoms. The Morgan fingerprint density at radius 3 is 2.72 bits per heavy atom. The van der Waals surface area contributed by atoms with E-state index in [0.717, 1.165) is 9.13 Å². The van der Waals surface area contributed by atoms with Crippen LogP contribution in [-0.2, 0) is 6.42 Å². The molecule has 0 spiro atoms. The first kappa shape index (κ1) is 21.1. The summed E-state index contributed by atoms with van der Waals surface area (Å²) in [4.78, 5) is 29.3. The normalized spacial score (nSPS) is 10.6. The molecule has 0 aliphatic rings. The Bertz CT molecular complexity index is 1100.